The van der Waals surface area contributed by atoms with E-state index in [1.165, 1.54) is 12.1 Å². The lowest BCUT2D eigenvalue weighted by molar-refractivity contribution is -0.384. The number of rotatable bonds is 6. The largest absolute Gasteiger partial charge is 0.481 e. The van der Waals surface area contributed by atoms with Crippen LogP contribution in [0.15, 0.2) is 48.5 Å². The average Bonchev–Trinajstić information content (AvgIpc) is 2.52. The molecule has 0 amide bonds. The van der Waals surface area contributed by atoms with E-state index in [1.807, 2.05) is 24.3 Å². The maximum absolute atomic E-state index is 10.6. The standard InChI is InChI=1S/C16H14N2O3/c1-2-11-21-16-6-4-3-5-13(16)12-17-14-7-9-15(10-8-14)18(19)20/h1,3-10,17H,11-12H2. The van der Waals surface area contributed by atoms with Crippen molar-refractivity contribution >= 4 is 11.4 Å². The van der Waals surface area contributed by atoms with E-state index in [0.717, 1.165) is 17.0 Å². The van der Waals surface area contributed by atoms with Gasteiger partial charge in [0.05, 0.1) is 4.92 Å². The maximum Gasteiger partial charge on any atom is 0.269 e. The predicted octanol–water partition coefficient (Wildman–Crippen LogP) is 3.22. The van der Waals surface area contributed by atoms with Crippen molar-refractivity contribution in [3.63, 3.8) is 0 Å². The van der Waals surface area contributed by atoms with Crippen LogP contribution in [0.25, 0.3) is 0 Å². The van der Waals surface area contributed by atoms with Gasteiger partial charge >= 0.3 is 0 Å². The number of nitro groups is 1. The normalized spacial score (nSPS) is 9.67. The Hall–Kier alpha value is -3.00. The Morgan fingerprint density at radius 3 is 2.57 bits per heavy atom. The van der Waals surface area contributed by atoms with Gasteiger partial charge in [-0.2, -0.15) is 0 Å². The summed E-state index contributed by atoms with van der Waals surface area (Å²) in [4.78, 5) is 10.2. The molecule has 0 heterocycles. The third-order valence-electron chi connectivity index (χ3n) is 2.84. The summed E-state index contributed by atoms with van der Waals surface area (Å²) in [6.07, 6.45) is 5.18. The molecule has 2 aromatic carbocycles. The summed E-state index contributed by atoms with van der Waals surface area (Å²) in [5, 5.41) is 13.8. The Morgan fingerprint density at radius 1 is 1.19 bits per heavy atom. The highest BCUT2D eigenvalue weighted by Gasteiger charge is 2.05. The van der Waals surface area contributed by atoms with Gasteiger partial charge in [0.25, 0.3) is 5.69 Å². The minimum absolute atomic E-state index is 0.0679. The monoisotopic (exact) mass is 282 g/mol. The molecule has 0 aromatic heterocycles. The van der Waals surface area contributed by atoms with E-state index in [0.29, 0.717) is 6.54 Å². The van der Waals surface area contributed by atoms with Crippen molar-refractivity contribution in [2.75, 3.05) is 11.9 Å². The number of benzene rings is 2. The number of hydrogen-bond acceptors (Lipinski definition) is 4. The zero-order valence-corrected chi connectivity index (χ0v) is 11.3. The van der Waals surface area contributed by atoms with Crippen molar-refractivity contribution in [3.8, 4) is 18.1 Å². The summed E-state index contributed by atoms with van der Waals surface area (Å²) in [5.41, 5.74) is 1.83. The molecule has 0 aliphatic carbocycles. The molecular formula is C16H14N2O3. The van der Waals surface area contributed by atoms with E-state index in [2.05, 4.69) is 11.2 Å². The Kier molecular flexibility index (Phi) is 4.78. The molecule has 0 radical (unpaired) electrons. The molecule has 0 atom stereocenters. The van der Waals surface area contributed by atoms with E-state index in [1.54, 1.807) is 12.1 Å². The Balaban J connectivity index is 2.02. The molecule has 0 spiro atoms. The SMILES string of the molecule is C#CCOc1ccccc1CNc1ccc([N+](=O)[O-])cc1. The number of para-hydroxylation sites is 1. The molecule has 0 bridgehead atoms. The topological polar surface area (TPSA) is 64.4 Å². The van der Waals surface area contributed by atoms with Gasteiger partial charge in [-0.3, -0.25) is 10.1 Å². The lowest BCUT2D eigenvalue weighted by atomic mass is 10.2. The Morgan fingerprint density at radius 2 is 1.90 bits per heavy atom. The highest BCUT2D eigenvalue weighted by atomic mass is 16.6. The van der Waals surface area contributed by atoms with Crippen molar-refractivity contribution in [2.45, 2.75) is 6.54 Å². The van der Waals surface area contributed by atoms with E-state index < -0.39 is 4.92 Å². The molecule has 0 saturated heterocycles. The summed E-state index contributed by atoms with van der Waals surface area (Å²) in [7, 11) is 0. The quantitative estimate of drug-likeness (QED) is 0.502. The van der Waals surface area contributed by atoms with Gasteiger partial charge in [0.1, 0.15) is 12.4 Å². The number of non-ortho nitro benzene ring substituents is 1. The number of hydrogen-bond donors (Lipinski definition) is 1. The molecule has 1 N–H and O–H groups in total. The van der Waals surface area contributed by atoms with Crippen molar-refractivity contribution in [3.05, 3.63) is 64.2 Å². The highest BCUT2D eigenvalue weighted by Crippen LogP contribution is 2.20. The second kappa shape index (κ2) is 6.96. The third-order valence-corrected chi connectivity index (χ3v) is 2.84. The van der Waals surface area contributed by atoms with Crippen LogP contribution in [-0.4, -0.2) is 11.5 Å². The van der Waals surface area contributed by atoms with Crippen LogP contribution >= 0.6 is 0 Å². The minimum atomic E-state index is -0.424. The molecule has 5 nitrogen and oxygen atoms in total. The van der Waals surface area contributed by atoms with E-state index in [4.69, 9.17) is 11.2 Å². The first-order chi connectivity index (χ1) is 10.2. The molecular weight excluding hydrogens is 268 g/mol. The van der Waals surface area contributed by atoms with Gasteiger partial charge in [-0.15, -0.1) is 6.42 Å². The lowest BCUT2D eigenvalue weighted by Crippen LogP contribution is -2.03. The second-order valence-corrected chi connectivity index (χ2v) is 4.26. The second-order valence-electron chi connectivity index (χ2n) is 4.26. The predicted molar refractivity (Wildman–Crippen MR) is 81.2 cm³/mol. The fourth-order valence-corrected chi connectivity index (χ4v) is 1.81. The number of nitro benzene ring substituents is 1. The molecule has 106 valence electrons. The molecule has 2 aromatic rings. The molecule has 0 aliphatic heterocycles. The molecule has 21 heavy (non-hydrogen) atoms. The molecule has 0 saturated carbocycles. The summed E-state index contributed by atoms with van der Waals surface area (Å²) >= 11 is 0. The number of nitrogens with zero attached hydrogens (tertiary/aromatic N) is 1. The number of ether oxygens (including phenoxy) is 1. The number of terminal acetylenes is 1. The molecule has 5 heteroatoms. The van der Waals surface area contributed by atoms with Crippen molar-refractivity contribution in [1.29, 1.82) is 0 Å². The van der Waals surface area contributed by atoms with Crippen LogP contribution in [0.1, 0.15) is 5.56 Å². The first-order valence-corrected chi connectivity index (χ1v) is 6.33. The van der Waals surface area contributed by atoms with Gasteiger partial charge in [-0.25, -0.2) is 0 Å². The lowest BCUT2D eigenvalue weighted by Gasteiger charge is -2.11. The van der Waals surface area contributed by atoms with E-state index in [-0.39, 0.29) is 12.3 Å². The summed E-state index contributed by atoms with van der Waals surface area (Å²) in [5.74, 6) is 3.15. The summed E-state index contributed by atoms with van der Waals surface area (Å²) in [6.45, 7) is 0.757. The van der Waals surface area contributed by atoms with Crippen LogP contribution < -0.4 is 10.1 Å². The van der Waals surface area contributed by atoms with Gasteiger partial charge in [-0.1, -0.05) is 24.1 Å². The van der Waals surface area contributed by atoms with Gasteiger partial charge in [-0.05, 0) is 18.2 Å². The van der Waals surface area contributed by atoms with Gasteiger partial charge < -0.3 is 10.1 Å². The van der Waals surface area contributed by atoms with E-state index in [9.17, 15) is 10.1 Å². The molecule has 2 rings (SSSR count). The van der Waals surface area contributed by atoms with Crippen LogP contribution in [0.4, 0.5) is 11.4 Å². The van der Waals surface area contributed by atoms with Crippen LogP contribution in [-0.2, 0) is 6.54 Å². The zero-order chi connectivity index (χ0) is 15.1. The minimum Gasteiger partial charge on any atom is -0.481 e. The maximum atomic E-state index is 10.6. The summed E-state index contributed by atoms with van der Waals surface area (Å²) < 4.78 is 5.46. The fraction of sp³-hybridized carbons (Fsp3) is 0.125. The summed E-state index contributed by atoms with van der Waals surface area (Å²) in [6, 6.07) is 13.8. The smallest absolute Gasteiger partial charge is 0.269 e. The van der Waals surface area contributed by atoms with Crippen LogP contribution in [0, 0.1) is 22.5 Å². The molecule has 0 fully saturated rings. The molecule has 0 aliphatic rings. The zero-order valence-electron chi connectivity index (χ0n) is 11.3. The Bertz CT molecular complexity index is 660. The first-order valence-electron chi connectivity index (χ1n) is 6.33. The van der Waals surface area contributed by atoms with Crippen molar-refractivity contribution < 1.29 is 9.66 Å². The average molecular weight is 282 g/mol. The first kappa shape index (κ1) is 14.4. The van der Waals surface area contributed by atoms with Crippen LogP contribution in [0.3, 0.4) is 0 Å². The van der Waals surface area contributed by atoms with Crippen molar-refractivity contribution in [2.24, 2.45) is 0 Å². The van der Waals surface area contributed by atoms with Gasteiger partial charge in [0.15, 0.2) is 0 Å². The molecule has 0 unspecified atom stereocenters. The third kappa shape index (κ3) is 3.98. The van der Waals surface area contributed by atoms with Gasteiger partial charge in [0, 0.05) is 29.9 Å². The Labute approximate surface area is 122 Å². The number of anilines is 1. The van der Waals surface area contributed by atoms with E-state index >= 15 is 0 Å². The van der Waals surface area contributed by atoms with Crippen molar-refractivity contribution in [1.82, 2.24) is 0 Å². The van der Waals surface area contributed by atoms with Crippen LogP contribution in [0.5, 0.6) is 5.75 Å². The number of nitrogens with one attached hydrogen (secondary N) is 1. The highest BCUT2D eigenvalue weighted by molar-refractivity contribution is 5.49. The van der Waals surface area contributed by atoms with Gasteiger partial charge in [0.2, 0.25) is 0 Å². The fourth-order valence-electron chi connectivity index (χ4n) is 1.81. The van der Waals surface area contributed by atoms with Crippen LogP contribution in [0.2, 0.25) is 0 Å².